The summed E-state index contributed by atoms with van der Waals surface area (Å²) >= 11 is 12.3. The number of hydrogen-bond donors (Lipinski definition) is 2. The predicted octanol–water partition coefficient (Wildman–Crippen LogP) is 5.19. The summed E-state index contributed by atoms with van der Waals surface area (Å²) < 4.78 is 5.16. The zero-order valence-electron chi connectivity index (χ0n) is 14.2. The van der Waals surface area contributed by atoms with Crippen molar-refractivity contribution in [2.24, 2.45) is 0 Å². The van der Waals surface area contributed by atoms with E-state index in [9.17, 15) is 0 Å². The zero-order valence-corrected chi connectivity index (χ0v) is 15.7. The number of ether oxygens (including phenoxy) is 1. The molecule has 1 aromatic heterocycles. The molecule has 2 N–H and O–H groups in total. The highest BCUT2D eigenvalue weighted by molar-refractivity contribution is 6.39. The van der Waals surface area contributed by atoms with Gasteiger partial charge in [0.25, 0.3) is 0 Å². The number of anilines is 3. The van der Waals surface area contributed by atoms with Gasteiger partial charge in [-0.15, -0.1) is 0 Å². The molecular formula is C19H18Cl2N4O. The third-order valence-electron chi connectivity index (χ3n) is 3.73. The van der Waals surface area contributed by atoms with Crippen LogP contribution < -0.4 is 15.4 Å². The minimum absolute atomic E-state index is 0.425. The van der Waals surface area contributed by atoms with Gasteiger partial charge in [0.2, 0.25) is 5.95 Å². The van der Waals surface area contributed by atoms with Crippen LogP contribution in [0.3, 0.4) is 0 Å². The topological polar surface area (TPSA) is 59.1 Å². The minimum Gasteiger partial charge on any atom is -0.497 e. The third-order valence-corrected chi connectivity index (χ3v) is 4.36. The van der Waals surface area contributed by atoms with Crippen LogP contribution in [0, 0.1) is 0 Å². The van der Waals surface area contributed by atoms with Crippen molar-refractivity contribution >= 4 is 40.7 Å². The van der Waals surface area contributed by atoms with Gasteiger partial charge < -0.3 is 15.4 Å². The molecule has 134 valence electrons. The first-order valence-electron chi connectivity index (χ1n) is 8.06. The summed E-state index contributed by atoms with van der Waals surface area (Å²) in [6.07, 6.45) is 2.54. The highest BCUT2D eigenvalue weighted by Gasteiger charge is 2.07. The molecule has 0 aliphatic heterocycles. The molecule has 3 rings (SSSR count). The molecule has 1 heterocycles. The Morgan fingerprint density at radius 2 is 1.73 bits per heavy atom. The number of nitrogens with zero attached hydrogens (tertiary/aromatic N) is 2. The molecule has 0 aliphatic carbocycles. The van der Waals surface area contributed by atoms with Gasteiger partial charge in [0.05, 0.1) is 22.8 Å². The first kappa shape index (κ1) is 18.3. The van der Waals surface area contributed by atoms with Gasteiger partial charge in [0.1, 0.15) is 11.6 Å². The SMILES string of the molecule is COc1ccc(CCNc2ccnc(Nc3c(Cl)cccc3Cl)n2)cc1. The monoisotopic (exact) mass is 388 g/mol. The van der Waals surface area contributed by atoms with E-state index in [1.807, 2.05) is 30.3 Å². The third kappa shape index (κ3) is 4.77. The van der Waals surface area contributed by atoms with Crippen molar-refractivity contribution in [2.45, 2.75) is 6.42 Å². The van der Waals surface area contributed by atoms with Crippen molar-refractivity contribution in [3.05, 3.63) is 70.3 Å². The zero-order chi connectivity index (χ0) is 18.4. The number of aromatic nitrogens is 2. The lowest BCUT2D eigenvalue weighted by molar-refractivity contribution is 0.414. The quantitative estimate of drug-likeness (QED) is 0.582. The molecule has 3 aromatic rings. The number of rotatable bonds is 7. The van der Waals surface area contributed by atoms with E-state index in [4.69, 9.17) is 27.9 Å². The number of nitrogens with one attached hydrogen (secondary N) is 2. The molecule has 0 atom stereocenters. The number of benzene rings is 2. The van der Waals surface area contributed by atoms with Crippen molar-refractivity contribution in [2.75, 3.05) is 24.3 Å². The minimum atomic E-state index is 0.425. The van der Waals surface area contributed by atoms with E-state index in [-0.39, 0.29) is 0 Å². The first-order chi connectivity index (χ1) is 12.7. The van der Waals surface area contributed by atoms with E-state index < -0.39 is 0 Å². The van der Waals surface area contributed by atoms with Gasteiger partial charge in [-0.1, -0.05) is 41.4 Å². The lowest BCUT2D eigenvalue weighted by Gasteiger charge is -2.10. The predicted molar refractivity (Wildman–Crippen MR) is 107 cm³/mol. The fourth-order valence-electron chi connectivity index (χ4n) is 2.37. The van der Waals surface area contributed by atoms with Crippen LogP contribution in [0.25, 0.3) is 0 Å². The Bertz CT molecular complexity index is 851. The molecular weight excluding hydrogens is 371 g/mol. The van der Waals surface area contributed by atoms with Crippen LogP contribution in [0.2, 0.25) is 10.0 Å². The normalized spacial score (nSPS) is 10.4. The molecule has 0 radical (unpaired) electrons. The number of para-hydroxylation sites is 1. The van der Waals surface area contributed by atoms with E-state index in [2.05, 4.69) is 20.6 Å². The van der Waals surface area contributed by atoms with Crippen molar-refractivity contribution in [3.63, 3.8) is 0 Å². The average molecular weight is 389 g/mol. The Morgan fingerprint density at radius 3 is 2.42 bits per heavy atom. The molecule has 0 fully saturated rings. The van der Waals surface area contributed by atoms with Crippen LogP contribution in [-0.2, 0) is 6.42 Å². The van der Waals surface area contributed by atoms with Crippen molar-refractivity contribution in [1.82, 2.24) is 9.97 Å². The average Bonchev–Trinajstić information content (AvgIpc) is 2.66. The summed E-state index contributed by atoms with van der Waals surface area (Å²) in [6.45, 7) is 0.746. The van der Waals surface area contributed by atoms with Crippen molar-refractivity contribution < 1.29 is 4.74 Å². The van der Waals surface area contributed by atoms with Gasteiger partial charge in [-0.3, -0.25) is 0 Å². The maximum atomic E-state index is 6.17. The highest BCUT2D eigenvalue weighted by atomic mass is 35.5. The Balaban J connectivity index is 1.60. The van der Waals surface area contributed by atoms with Crippen LogP contribution in [0.15, 0.2) is 54.7 Å². The summed E-state index contributed by atoms with van der Waals surface area (Å²) in [5.74, 6) is 2.00. The van der Waals surface area contributed by atoms with E-state index in [0.29, 0.717) is 21.7 Å². The molecule has 0 amide bonds. The van der Waals surface area contributed by atoms with Crippen LogP contribution in [-0.4, -0.2) is 23.6 Å². The fraction of sp³-hybridized carbons (Fsp3) is 0.158. The van der Waals surface area contributed by atoms with Gasteiger partial charge in [-0.2, -0.15) is 4.98 Å². The Labute approximate surface area is 162 Å². The smallest absolute Gasteiger partial charge is 0.229 e. The number of halogens is 2. The largest absolute Gasteiger partial charge is 0.497 e. The molecule has 2 aromatic carbocycles. The van der Waals surface area contributed by atoms with Crippen LogP contribution in [0.4, 0.5) is 17.5 Å². The maximum absolute atomic E-state index is 6.17. The molecule has 5 nitrogen and oxygen atoms in total. The molecule has 7 heteroatoms. The summed E-state index contributed by atoms with van der Waals surface area (Å²) in [7, 11) is 1.66. The summed E-state index contributed by atoms with van der Waals surface area (Å²) in [5.41, 5.74) is 1.81. The maximum Gasteiger partial charge on any atom is 0.229 e. The molecule has 0 spiro atoms. The molecule has 0 saturated heterocycles. The van der Waals surface area contributed by atoms with Crippen LogP contribution in [0.5, 0.6) is 5.75 Å². The highest BCUT2D eigenvalue weighted by Crippen LogP contribution is 2.31. The van der Waals surface area contributed by atoms with E-state index in [0.717, 1.165) is 24.5 Å². The van der Waals surface area contributed by atoms with Gasteiger partial charge in [0, 0.05) is 12.7 Å². The molecule has 0 unspecified atom stereocenters. The summed E-state index contributed by atoms with van der Waals surface area (Å²) in [4.78, 5) is 8.65. The van der Waals surface area contributed by atoms with Crippen molar-refractivity contribution in [1.29, 1.82) is 0 Å². The Hall–Kier alpha value is -2.50. The van der Waals surface area contributed by atoms with Gasteiger partial charge in [-0.25, -0.2) is 4.98 Å². The summed E-state index contributed by atoms with van der Waals surface area (Å²) in [6, 6.07) is 15.1. The van der Waals surface area contributed by atoms with E-state index in [1.165, 1.54) is 5.56 Å². The lowest BCUT2D eigenvalue weighted by atomic mass is 10.1. The van der Waals surface area contributed by atoms with Crippen molar-refractivity contribution in [3.8, 4) is 5.75 Å². The second kappa shape index (κ2) is 8.74. The van der Waals surface area contributed by atoms with E-state index in [1.54, 1.807) is 31.5 Å². The molecule has 26 heavy (non-hydrogen) atoms. The molecule has 0 saturated carbocycles. The van der Waals surface area contributed by atoms with Crippen LogP contribution >= 0.6 is 23.2 Å². The Morgan fingerprint density at radius 1 is 1.00 bits per heavy atom. The molecule has 0 aliphatic rings. The molecule has 0 bridgehead atoms. The van der Waals surface area contributed by atoms with Gasteiger partial charge in [-0.05, 0) is 42.3 Å². The second-order valence-electron chi connectivity index (χ2n) is 5.51. The fourth-order valence-corrected chi connectivity index (χ4v) is 2.87. The first-order valence-corrected chi connectivity index (χ1v) is 8.82. The number of hydrogen-bond acceptors (Lipinski definition) is 5. The summed E-state index contributed by atoms with van der Waals surface area (Å²) in [5, 5.41) is 7.38. The second-order valence-corrected chi connectivity index (χ2v) is 6.33. The lowest BCUT2D eigenvalue weighted by Crippen LogP contribution is -2.08. The standard InChI is InChI=1S/C19H18Cl2N4O/c1-26-14-7-5-13(6-8-14)9-11-22-17-10-12-23-19(24-17)25-18-15(20)3-2-4-16(18)21/h2-8,10,12H,9,11H2,1H3,(H2,22,23,24,25). The Kier molecular flexibility index (Phi) is 6.15. The van der Waals surface area contributed by atoms with Gasteiger partial charge in [0.15, 0.2) is 0 Å². The number of methoxy groups -OCH3 is 1. The van der Waals surface area contributed by atoms with Gasteiger partial charge >= 0.3 is 0 Å². The van der Waals surface area contributed by atoms with Crippen LogP contribution in [0.1, 0.15) is 5.56 Å². The van der Waals surface area contributed by atoms with E-state index >= 15 is 0 Å².